The zero-order valence-corrected chi connectivity index (χ0v) is 9.74. The Hall–Kier alpha value is -1.94. The molecule has 92 valence electrons. The van der Waals surface area contributed by atoms with Crippen LogP contribution in [0.4, 0.5) is 5.69 Å². The lowest BCUT2D eigenvalue weighted by atomic mass is 9.85. The highest BCUT2D eigenvalue weighted by atomic mass is 16.3. The number of carbonyl (C=O) groups is 2. The van der Waals surface area contributed by atoms with Gasteiger partial charge in [0.2, 0.25) is 11.6 Å². The summed E-state index contributed by atoms with van der Waals surface area (Å²) in [6.07, 6.45) is 3.11. The molecule has 1 aromatic rings. The number of aliphatic hydroxyl groups excluding tert-OH is 1. The molecule has 0 saturated carbocycles. The third-order valence-electron chi connectivity index (χ3n) is 3.59. The van der Waals surface area contributed by atoms with E-state index in [1.54, 1.807) is 6.08 Å². The number of Topliss-reactive ketones (excluding diaryl/α,β-unsaturated/α-hetero) is 1. The number of hydrogen-bond donors (Lipinski definition) is 1. The summed E-state index contributed by atoms with van der Waals surface area (Å²) in [6.45, 7) is 0.484. The predicted octanol–water partition coefficient (Wildman–Crippen LogP) is 0.659. The maximum Gasteiger partial charge on any atom is 0.221 e. The summed E-state index contributed by atoms with van der Waals surface area (Å²) < 4.78 is 0. The number of anilines is 1. The van der Waals surface area contributed by atoms with Crippen LogP contribution in [0.15, 0.2) is 36.4 Å². The van der Waals surface area contributed by atoms with E-state index in [0.717, 1.165) is 11.3 Å². The highest BCUT2D eigenvalue weighted by Gasteiger charge is 2.44. The lowest BCUT2D eigenvalue weighted by Gasteiger charge is -2.28. The van der Waals surface area contributed by atoms with Crippen LogP contribution in [-0.4, -0.2) is 35.9 Å². The van der Waals surface area contributed by atoms with Crippen molar-refractivity contribution in [2.24, 2.45) is 0 Å². The van der Waals surface area contributed by atoms with Gasteiger partial charge in [-0.15, -0.1) is 0 Å². The third-order valence-corrected chi connectivity index (χ3v) is 3.59. The highest BCUT2D eigenvalue weighted by molar-refractivity contribution is 6.44. The molecule has 2 aliphatic rings. The van der Waals surface area contributed by atoms with E-state index in [0.29, 0.717) is 6.54 Å². The van der Waals surface area contributed by atoms with Crippen molar-refractivity contribution < 1.29 is 14.7 Å². The lowest BCUT2D eigenvalue weighted by Crippen LogP contribution is -2.41. The van der Waals surface area contributed by atoms with Crippen molar-refractivity contribution in [3.05, 3.63) is 42.0 Å². The summed E-state index contributed by atoms with van der Waals surface area (Å²) in [5.41, 5.74) is 1.83. The largest absolute Gasteiger partial charge is 0.395 e. The molecule has 1 heterocycles. The molecule has 0 radical (unpaired) electrons. The van der Waals surface area contributed by atoms with Crippen molar-refractivity contribution in [2.75, 3.05) is 18.1 Å². The summed E-state index contributed by atoms with van der Waals surface area (Å²) in [6, 6.07) is 7.44. The van der Waals surface area contributed by atoms with Gasteiger partial charge in [-0.25, -0.2) is 0 Å². The van der Waals surface area contributed by atoms with Crippen LogP contribution in [0.1, 0.15) is 11.5 Å². The molecule has 1 aliphatic carbocycles. The Kier molecular flexibility index (Phi) is 2.52. The fraction of sp³-hybridized carbons (Fsp3) is 0.286. The minimum Gasteiger partial charge on any atom is -0.395 e. The zero-order valence-electron chi connectivity index (χ0n) is 9.74. The van der Waals surface area contributed by atoms with Gasteiger partial charge in [-0.1, -0.05) is 24.3 Å². The van der Waals surface area contributed by atoms with Crippen molar-refractivity contribution in [2.45, 2.75) is 12.0 Å². The maximum absolute atomic E-state index is 12.0. The first-order chi connectivity index (χ1) is 8.74. The number of fused-ring (bicyclic) bond motifs is 3. The topological polar surface area (TPSA) is 57.6 Å². The first-order valence-corrected chi connectivity index (χ1v) is 5.97. The van der Waals surface area contributed by atoms with Gasteiger partial charge in [-0.3, -0.25) is 9.59 Å². The van der Waals surface area contributed by atoms with Crippen LogP contribution in [0.2, 0.25) is 0 Å². The normalized spacial score (nSPS) is 25.3. The molecule has 2 atom stereocenters. The molecular weight excluding hydrogens is 230 g/mol. The molecule has 2 unspecified atom stereocenters. The minimum atomic E-state index is -0.433. The van der Waals surface area contributed by atoms with Crippen molar-refractivity contribution in [1.29, 1.82) is 0 Å². The number of allylic oxidation sites excluding steroid dienone is 1. The van der Waals surface area contributed by atoms with Crippen LogP contribution >= 0.6 is 0 Å². The molecule has 1 aliphatic heterocycles. The molecule has 18 heavy (non-hydrogen) atoms. The first-order valence-electron chi connectivity index (χ1n) is 5.97. The van der Waals surface area contributed by atoms with Crippen LogP contribution in [0.25, 0.3) is 0 Å². The summed E-state index contributed by atoms with van der Waals surface area (Å²) >= 11 is 0. The summed E-state index contributed by atoms with van der Waals surface area (Å²) in [5.74, 6) is -1.20. The van der Waals surface area contributed by atoms with Crippen LogP contribution in [0.3, 0.4) is 0 Å². The molecule has 4 heteroatoms. The van der Waals surface area contributed by atoms with E-state index >= 15 is 0 Å². The van der Waals surface area contributed by atoms with E-state index < -0.39 is 11.7 Å². The molecule has 0 aromatic heterocycles. The Balaban J connectivity index is 2.13. The highest BCUT2D eigenvalue weighted by Crippen LogP contribution is 2.43. The van der Waals surface area contributed by atoms with Gasteiger partial charge >= 0.3 is 0 Å². The van der Waals surface area contributed by atoms with Crippen molar-refractivity contribution in [1.82, 2.24) is 0 Å². The van der Waals surface area contributed by atoms with Gasteiger partial charge in [0.15, 0.2) is 0 Å². The Morgan fingerprint density at radius 2 is 2.00 bits per heavy atom. The van der Waals surface area contributed by atoms with Gasteiger partial charge < -0.3 is 10.0 Å². The van der Waals surface area contributed by atoms with E-state index in [2.05, 4.69) is 0 Å². The fourth-order valence-electron chi connectivity index (χ4n) is 2.85. The van der Waals surface area contributed by atoms with Crippen molar-refractivity contribution in [3.8, 4) is 0 Å². The summed E-state index contributed by atoms with van der Waals surface area (Å²) in [7, 11) is 0. The quantitative estimate of drug-likeness (QED) is 0.775. The van der Waals surface area contributed by atoms with Gasteiger partial charge in [0.05, 0.1) is 18.6 Å². The fourth-order valence-corrected chi connectivity index (χ4v) is 2.85. The van der Waals surface area contributed by atoms with E-state index in [1.807, 2.05) is 29.2 Å². The molecule has 3 rings (SSSR count). The second-order valence-corrected chi connectivity index (χ2v) is 4.53. The number of nitrogens with zero attached hydrogens (tertiary/aromatic N) is 1. The number of para-hydroxylation sites is 1. The zero-order chi connectivity index (χ0) is 12.7. The Bertz CT molecular complexity index is 550. The van der Waals surface area contributed by atoms with E-state index in [-0.39, 0.29) is 18.4 Å². The van der Waals surface area contributed by atoms with Gasteiger partial charge in [-0.05, 0) is 17.7 Å². The van der Waals surface area contributed by atoms with Crippen molar-refractivity contribution in [3.63, 3.8) is 0 Å². The average Bonchev–Trinajstić information content (AvgIpc) is 2.70. The van der Waals surface area contributed by atoms with E-state index in [4.69, 9.17) is 5.11 Å². The Morgan fingerprint density at radius 1 is 1.22 bits per heavy atom. The number of benzene rings is 1. The second kappa shape index (κ2) is 4.07. The smallest absolute Gasteiger partial charge is 0.221 e. The molecule has 0 spiro atoms. The number of hydrogen-bond acceptors (Lipinski definition) is 4. The molecule has 0 fully saturated rings. The molecule has 0 amide bonds. The van der Waals surface area contributed by atoms with Crippen LogP contribution in [-0.2, 0) is 9.59 Å². The molecular formula is C14H13NO3. The van der Waals surface area contributed by atoms with E-state index in [1.165, 1.54) is 6.08 Å². The number of aliphatic hydroxyl groups is 1. The van der Waals surface area contributed by atoms with Gasteiger partial charge in [0.25, 0.3) is 0 Å². The van der Waals surface area contributed by atoms with Crippen molar-refractivity contribution >= 4 is 17.3 Å². The molecule has 0 saturated heterocycles. The first kappa shape index (κ1) is 11.2. The molecule has 1 N–H and O–H groups in total. The average molecular weight is 243 g/mol. The third kappa shape index (κ3) is 1.42. The minimum absolute atomic E-state index is 0.0214. The predicted molar refractivity (Wildman–Crippen MR) is 66.6 cm³/mol. The van der Waals surface area contributed by atoms with Gasteiger partial charge in [-0.2, -0.15) is 0 Å². The Labute approximate surface area is 105 Å². The number of carbonyl (C=O) groups excluding carboxylic acids is 2. The van der Waals surface area contributed by atoms with Gasteiger partial charge in [0.1, 0.15) is 0 Å². The summed E-state index contributed by atoms with van der Waals surface area (Å²) in [4.78, 5) is 25.5. The number of β-amino-alcohol motifs (C(OH)–C–C–N with tert-alkyl or cyclic N) is 1. The molecule has 4 nitrogen and oxygen atoms in total. The summed E-state index contributed by atoms with van der Waals surface area (Å²) in [5, 5.41) is 9.14. The van der Waals surface area contributed by atoms with Crippen LogP contribution in [0.5, 0.6) is 0 Å². The second-order valence-electron chi connectivity index (χ2n) is 4.53. The van der Waals surface area contributed by atoms with Gasteiger partial charge in [0, 0.05) is 12.2 Å². The SMILES string of the molecule is O=C1C=CC2C(C1=O)c1ccccc1N2CCO. The number of rotatable bonds is 2. The Morgan fingerprint density at radius 3 is 2.78 bits per heavy atom. The number of ketones is 2. The van der Waals surface area contributed by atoms with Crippen LogP contribution in [0, 0.1) is 0 Å². The molecule has 1 aromatic carbocycles. The molecule has 0 bridgehead atoms. The van der Waals surface area contributed by atoms with Crippen LogP contribution < -0.4 is 4.90 Å². The standard InChI is InChI=1S/C14H13NO3/c16-8-7-15-10-4-2-1-3-9(10)13-11(15)5-6-12(17)14(13)18/h1-6,11,13,16H,7-8H2. The van der Waals surface area contributed by atoms with E-state index in [9.17, 15) is 9.59 Å². The monoisotopic (exact) mass is 243 g/mol. The maximum atomic E-state index is 12.0. The lowest BCUT2D eigenvalue weighted by molar-refractivity contribution is -0.135.